The van der Waals surface area contributed by atoms with E-state index in [4.69, 9.17) is 0 Å². The second-order valence-electron chi connectivity index (χ2n) is 5.33. The molecule has 0 fully saturated rings. The van der Waals surface area contributed by atoms with E-state index in [1.807, 2.05) is 58.3 Å². The monoisotopic (exact) mass is 230 g/mol. The van der Waals surface area contributed by atoms with Gasteiger partial charge >= 0.3 is 0 Å². The van der Waals surface area contributed by atoms with E-state index >= 15 is 0 Å². The molecule has 0 radical (unpaired) electrons. The molecular weight excluding hydrogens is 212 g/mol. The van der Waals surface area contributed by atoms with Gasteiger partial charge in [0, 0.05) is 29.6 Å². The van der Waals surface area contributed by atoms with Gasteiger partial charge in [0.05, 0.1) is 5.69 Å². The molecule has 2 aromatic rings. The van der Waals surface area contributed by atoms with Crippen molar-refractivity contribution in [3.8, 4) is 0 Å². The van der Waals surface area contributed by atoms with Gasteiger partial charge in [-0.1, -0.05) is 39.0 Å². The number of amides is 1. The van der Waals surface area contributed by atoms with Crippen LogP contribution in [0.4, 0.5) is 5.69 Å². The number of carbonyl (C=O) groups is 1. The minimum absolute atomic E-state index is 0.113. The highest BCUT2D eigenvalue weighted by molar-refractivity contribution is 6.04. The van der Waals surface area contributed by atoms with Crippen LogP contribution >= 0.6 is 0 Å². The van der Waals surface area contributed by atoms with Crippen molar-refractivity contribution in [2.75, 3.05) is 11.9 Å². The number of hydrogen-bond donors (Lipinski definition) is 1. The molecule has 0 aliphatic heterocycles. The molecule has 0 bridgehead atoms. The highest BCUT2D eigenvalue weighted by atomic mass is 16.2. The normalized spacial score (nSPS) is 11.8. The number of nitrogens with zero attached hydrogens (tertiary/aromatic N) is 1. The van der Waals surface area contributed by atoms with E-state index in [1.165, 1.54) is 0 Å². The van der Waals surface area contributed by atoms with Crippen LogP contribution in [0.15, 0.2) is 30.5 Å². The Bertz CT molecular complexity index is 549. The maximum atomic E-state index is 12.2. The second kappa shape index (κ2) is 3.91. The third-order valence-corrected chi connectivity index (χ3v) is 2.87. The summed E-state index contributed by atoms with van der Waals surface area (Å²) in [7, 11) is 1.82. The molecule has 2 rings (SSSR count). The third-order valence-electron chi connectivity index (χ3n) is 2.87. The van der Waals surface area contributed by atoms with Gasteiger partial charge in [-0.3, -0.25) is 4.79 Å². The van der Waals surface area contributed by atoms with Crippen molar-refractivity contribution in [2.45, 2.75) is 20.8 Å². The van der Waals surface area contributed by atoms with Crippen LogP contribution in [0.3, 0.4) is 0 Å². The molecule has 0 unspecified atom stereocenters. The van der Waals surface area contributed by atoms with Crippen LogP contribution in [-0.4, -0.2) is 17.9 Å². The molecule has 0 saturated carbocycles. The Kier molecular flexibility index (Phi) is 2.69. The van der Waals surface area contributed by atoms with Gasteiger partial charge in [0.15, 0.2) is 0 Å². The molecular formula is C14H18N2O. The largest absolute Gasteiger partial charge is 0.359 e. The Hall–Kier alpha value is -1.77. The van der Waals surface area contributed by atoms with Crippen LogP contribution in [0, 0.1) is 5.41 Å². The number of para-hydroxylation sites is 1. The predicted molar refractivity (Wildman–Crippen MR) is 71.2 cm³/mol. The van der Waals surface area contributed by atoms with Crippen LogP contribution in [0.5, 0.6) is 0 Å². The Morgan fingerprint density at radius 2 is 1.88 bits per heavy atom. The minimum atomic E-state index is -0.368. The summed E-state index contributed by atoms with van der Waals surface area (Å²) < 4.78 is 0. The summed E-state index contributed by atoms with van der Waals surface area (Å²) >= 11 is 0. The van der Waals surface area contributed by atoms with Gasteiger partial charge in [-0.15, -0.1) is 0 Å². The van der Waals surface area contributed by atoms with E-state index in [1.54, 1.807) is 4.90 Å². The molecule has 3 heteroatoms. The van der Waals surface area contributed by atoms with Gasteiger partial charge < -0.3 is 9.88 Å². The first-order valence-corrected chi connectivity index (χ1v) is 5.75. The van der Waals surface area contributed by atoms with Gasteiger partial charge in [-0.05, 0) is 6.07 Å². The van der Waals surface area contributed by atoms with E-state index in [0.29, 0.717) is 0 Å². The van der Waals surface area contributed by atoms with Crippen molar-refractivity contribution >= 4 is 22.5 Å². The average molecular weight is 230 g/mol. The summed E-state index contributed by atoms with van der Waals surface area (Å²) in [4.78, 5) is 17.1. The van der Waals surface area contributed by atoms with Gasteiger partial charge in [-0.25, -0.2) is 0 Å². The molecule has 0 atom stereocenters. The number of hydrogen-bond acceptors (Lipinski definition) is 1. The summed E-state index contributed by atoms with van der Waals surface area (Å²) in [6.07, 6.45) is 1.88. The predicted octanol–water partition coefficient (Wildman–Crippen LogP) is 3.18. The van der Waals surface area contributed by atoms with E-state index in [0.717, 1.165) is 16.6 Å². The van der Waals surface area contributed by atoms with E-state index < -0.39 is 0 Å². The Morgan fingerprint density at radius 3 is 2.53 bits per heavy atom. The Morgan fingerprint density at radius 1 is 1.24 bits per heavy atom. The number of nitrogens with one attached hydrogen (secondary N) is 1. The van der Waals surface area contributed by atoms with Crippen molar-refractivity contribution in [2.24, 2.45) is 5.41 Å². The molecule has 1 N–H and O–H groups in total. The third kappa shape index (κ3) is 2.05. The lowest BCUT2D eigenvalue weighted by atomic mass is 9.94. The molecule has 0 saturated heterocycles. The van der Waals surface area contributed by atoms with Crippen molar-refractivity contribution in [1.29, 1.82) is 0 Å². The molecule has 17 heavy (non-hydrogen) atoms. The lowest BCUT2D eigenvalue weighted by Gasteiger charge is -2.25. The molecule has 90 valence electrons. The molecule has 1 aromatic heterocycles. The second-order valence-corrected chi connectivity index (χ2v) is 5.33. The van der Waals surface area contributed by atoms with Crippen LogP contribution in [-0.2, 0) is 4.79 Å². The fraction of sp³-hybridized carbons (Fsp3) is 0.357. The Balaban J connectivity index is 2.44. The van der Waals surface area contributed by atoms with Crippen LogP contribution in [0.2, 0.25) is 0 Å². The highest BCUT2D eigenvalue weighted by Gasteiger charge is 2.26. The first-order valence-electron chi connectivity index (χ1n) is 5.75. The first-order chi connectivity index (χ1) is 7.91. The van der Waals surface area contributed by atoms with Gasteiger partial charge in [0.25, 0.3) is 0 Å². The van der Waals surface area contributed by atoms with E-state index in [9.17, 15) is 4.79 Å². The fourth-order valence-electron chi connectivity index (χ4n) is 1.95. The van der Waals surface area contributed by atoms with Gasteiger partial charge in [0.2, 0.25) is 5.91 Å². The van der Waals surface area contributed by atoms with E-state index in [-0.39, 0.29) is 11.3 Å². The number of rotatable bonds is 1. The Labute approximate surface area is 101 Å². The number of H-pyrrole nitrogens is 1. The van der Waals surface area contributed by atoms with Crippen LogP contribution in [0.1, 0.15) is 20.8 Å². The molecule has 3 nitrogen and oxygen atoms in total. The minimum Gasteiger partial charge on any atom is -0.359 e. The maximum absolute atomic E-state index is 12.2. The van der Waals surface area contributed by atoms with Crippen molar-refractivity contribution < 1.29 is 4.79 Å². The van der Waals surface area contributed by atoms with Crippen molar-refractivity contribution in [3.05, 3.63) is 30.5 Å². The summed E-state index contributed by atoms with van der Waals surface area (Å²) in [6.45, 7) is 5.79. The quantitative estimate of drug-likeness (QED) is 0.802. The lowest BCUT2D eigenvalue weighted by molar-refractivity contribution is -0.125. The first kappa shape index (κ1) is 11.7. The summed E-state index contributed by atoms with van der Waals surface area (Å²) in [5, 5.41) is 1.08. The molecule has 1 heterocycles. The molecule has 0 aliphatic carbocycles. The summed E-state index contributed by atoms with van der Waals surface area (Å²) in [6, 6.07) is 7.99. The number of aromatic amines is 1. The van der Waals surface area contributed by atoms with Crippen molar-refractivity contribution in [1.82, 2.24) is 4.98 Å². The molecule has 1 aromatic carbocycles. The number of carbonyl (C=O) groups excluding carboxylic acids is 1. The SMILES string of the molecule is CN(C(=O)C(C)(C)C)c1c[nH]c2ccccc12. The van der Waals surface area contributed by atoms with Crippen LogP contribution in [0.25, 0.3) is 10.9 Å². The average Bonchev–Trinajstić information content (AvgIpc) is 2.69. The standard InChI is InChI=1S/C14H18N2O/c1-14(2,3)13(17)16(4)12-9-15-11-8-6-5-7-10(11)12/h5-9,15H,1-4H3. The number of benzene rings is 1. The van der Waals surface area contributed by atoms with Crippen LogP contribution < -0.4 is 4.90 Å². The fourth-order valence-corrected chi connectivity index (χ4v) is 1.95. The zero-order chi connectivity index (χ0) is 12.6. The highest BCUT2D eigenvalue weighted by Crippen LogP contribution is 2.28. The maximum Gasteiger partial charge on any atom is 0.232 e. The lowest BCUT2D eigenvalue weighted by Crippen LogP contribution is -2.36. The summed E-state index contributed by atoms with van der Waals surface area (Å²) in [5.74, 6) is 0.113. The molecule has 0 spiro atoms. The molecule has 0 aliphatic rings. The van der Waals surface area contributed by atoms with Gasteiger partial charge in [-0.2, -0.15) is 0 Å². The van der Waals surface area contributed by atoms with E-state index in [2.05, 4.69) is 4.98 Å². The zero-order valence-electron chi connectivity index (χ0n) is 10.7. The zero-order valence-corrected chi connectivity index (χ0v) is 10.7. The number of fused-ring (bicyclic) bond motifs is 1. The number of aromatic nitrogens is 1. The smallest absolute Gasteiger partial charge is 0.232 e. The van der Waals surface area contributed by atoms with Gasteiger partial charge in [0.1, 0.15) is 0 Å². The molecule has 1 amide bonds. The summed E-state index contributed by atoms with van der Waals surface area (Å²) in [5.41, 5.74) is 1.62. The van der Waals surface area contributed by atoms with Crippen molar-refractivity contribution in [3.63, 3.8) is 0 Å². The number of anilines is 1. The topological polar surface area (TPSA) is 36.1 Å².